The lowest BCUT2D eigenvalue weighted by Gasteiger charge is -2.37. The van der Waals surface area contributed by atoms with E-state index in [9.17, 15) is 0 Å². The molecule has 0 saturated carbocycles. The van der Waals surface area contributed by atoms with Crippen molar-refractivity contribution in [2.45, 2.75) is 52.2 Å². The van der Waals surface area contributed by atoms with E-state index in [4.69, 9.17) is 5.73 Å². The minimum atomic E-state index is 0.208. The Balaban J connectivity index is 2.91. The highest BCUT2D eigenvalue weighted by molar-refractivity contribution is 7.10. The van der Waals surface area contributed by atoms with Crippen LogP contribution in [0.2, 0.25) is 0 Å². The Morgan fingerprint density at radius 1 is 1.35 bits per heavy atom. The molecule has 0 aliphatic carbocycles. The van der Waals surface area contributed by atoms with Gasteiger partial charge in [0.1, 0.15) is 0 Å². The van der Waals surface area contributed by atoms with Crippen molar-refractivity contribution in [3.05, 3.63) is 22.4 Å². The SMILES string of the molecule is CCC(N)C(c1cccs1)N(C)C(C)C(C)C. The zero-order chi connectivity index (χ0) is 13.0. The van der Waals surface area contributed by atoms with E-state index in [2.05, 4.69) is 57.2 Å². The average Bonchev–Trinajstić information content (AvgIpc) is 2.81. The normalized spacial score (nSPS) is 17.4. The van der Waals surface area contributed by atoms with Gasteiger partial charge in [-0.15, -0.1) is 11.3 Å². The second-order valence-corrected chi connectivity index (χ2v) is 6.16. The summed E-state index contributed by atoms with van der Waals surface area (Å²) in [7, 11) is 2.20. The quantitative estimate of drug-likeness (QED) is 0.842. The molecule has 1 heterocycles. The van der Waals surface area contributed by atoms with E-state index in [1.807, 2.05) is 11.3 Å². The van der Waals surface area contributed by atoms with Gasteiger partial charge in [-0.1, -0.05) is 26.8 Å². The summed E-state index contributed by atoms with van der Waals surface area (Å²) in [5.41, 5.74) is 6.31. The first kappa shape index (κ1) is 14.7. The lowest BCUT2D eigenvalue weighted by atomic mass is 9.98. The van der Waals surface area contributed by atoms with Crippen LogP contribution in [0.1, 0.15) is 45.0 Å². The molecule has 0 bridgehead atoms. The van der Waals surface area contributed by atoms with Crippen molar-refractivity contribution in [3.8, 4) is 0 Å². The summed E-state index contributed by atoms with van der Waals surface area (Å²) in [6.45, 7) is 8.99. The van der Waals surface area contributed by atoms with Crippen molar-refractivity contribution in [1.29, 1.82) is 0 Å². The Labute approximate surface area is 110 Å². The Morgan fingerprint density at radius 2 is 2.00 bits per heavy atom. The van der Waals surface area contributed by atoms with Crippen molar-refractivity contribution < 1.29 is 0 Å². The second kappa shape index (κ2) is 6.53. The molecule has 0 amide bonds. The van der Waals surface area contributed by atoms with E-state index in [1.54, 1.807) is 0 Å². The van der Waals surface area contributed by atoms with Gasteiger partial charge >= 0.3 is 0 Å². The predicted octanol–water partition coefficient (Wildman–Crippen LogP) is 3.50. The van der Waals surface area contributed by atoms with Gasteiger partial charge in [-0.2, -0.15) is 0 Å². The molecule has 2 nitrogen and oxygen atoms in total. The molecule has 2 N–H and O–H groups in total. The first-order valence-corrected chi connectivity index (χ1v) is 7.37. The molecule has 0 aliphatic rings. The number of rotatable bonds is 6. The van der Waals surface area contributed by atoms with Gasteiger partial charge < -0.3 is 5.73 Å². The van der Waals surface area contributed by atoms with Gasteiger partial charge in [-0.05, 0) is 37.8 Å². The largest absolute Gasteiger partial charge is 0.326 e. The maximum Gasteiger partial charge on any atom is 0.0593 e. The molecule has 0 fully saturated rings. The number of hydrogen-bond donors (Lipinski definition) is 1. The van der Waals surface area contributed by atoms with Crippen molar-refractivity contribution in [3.63, 3.8) is 0 Å². The van der Waals surface area contributed by atoms with Crippen LogP contribution in [0.25, 0.3) is 0 Å². The van der Waals surface area contributed by atoms with Crippen molar-refractivity contribution >= 4 is 11.3 Å². The molecule has 0 saturated heterocycles. The fourth-order valence-electron chi connectivity index (χ4n) is 2.12. The predicted molar refractivity (Wildman–Crippen MR) is 77.4 cm³/mol. The Bertz CT molecular complexity index is 308. The van der Waals surface area contributed by atoms with Crippen LogP contribution in [0.15, 0.2) is 17.5 Å². The lowest BCUT2D eigenvalue weighted by molar-refractivity contribution is 0.129. The van der Waals surface area contributed by atoms with E-state index < -0.39 is 0 Å². The third-order valence-corrected chi connectivity index (χ3v) is 4.70. The fourth-order valence-corrected chi connectivity index (χ4v) is 3.07. The molecule has 3 heteroatoms. The summed E-state index contributed by atoms with van der Waals surface area (Å²) in [4.78, 5) is 3.82. The molecule has 0 aliphatic heterocycles. The van der Waals surface area contributed by atoms with Crippen molar-refractivity contribution in [2.24, 2.45) is 11.7 Å². The first-order chi connectivity index (χ1) is 7.99. The standard InChI is InChI=1S/C14H26N2S/c1-6-12(15)14(13-8-7-9-17-13)16(5)11(4)10(2)3/h7-12,14H,6,15H2,1-5H3. The summed E-state index contributed by atoms with van der Waals surface area (Å²) in [6, 6.07) is 5.41. The van der Waals surface area contributed by atoms with Gasteiger partial charge in [0.2, 0.25) is 0 Å². The summed E-state index contributed by atoms with van der Waals surface area (Å²) >= 11 is 1.81. The van der Waals surface area contributed by atoms with Crippen LogP contribution < -0.4 is 5.73 Å². The molecule has 0 radical (unpaired) electrons. The highest BCUT2D eigenvalue weighted by Gasteiger charge is 2.28. The van der Waals surface area contributed by atoms with Crippen LogP contribution in [0, 0.1) is 5.92 Å². The topological polar surface area (TPSA) is 29.3 Å². The van der Waals surface area contributed by atoms with E-state index in [0.717, 1.165) is 6.42 Å². The second-order valence-electron chi connectivity index (χ2n) is 5.18. The smallest absolute Gasteiger partial charge is 0.0593 e. The molecule has 98 valence electrons. The lowest BCUT2D eigenvalue weighted by Crippen LogP contribution is -2.44. The summed E-state index contributed by atoms with van der Waals surface area (Å²) in [6.07, 6.45) is 1.01. The van der Waals surface area contributed by atoms with Crippen LogP contribution in [0.3, 0.4) is 0 Å². The Hall–Kier alpha value is -0.380. The van der Waals surface area contributed by atoms with Crippen molar-refractivity contribution in [1.82, 2.24) is 4.90 Å². The summed E-state index contributed by atoms with van der Waals surface area (Å²) < 4.78 is 0. The van der Waals surface area contributed by atoms with E-state index in [0.29, 0.717) is 18.0 Å². The number of thiophene rings is 1. The van der Waals surface area contributed by atoms with Gasteiger partial charge in [0, 0.05) is 17.0 Å². The molecule has 3 atom stereocenters. The number of hydrogen-bond acceptors (Lipinski definition) is 3. The van der Waals surface area contributed by atoms with Gasteiger partial charge in [0.05, 0.1) is 6.04 Å². The number of nitrogens with zero attached hydrogens (tertiary/aromatic N) is 1. The average molecular weight is 254 g/mol. The minimum Gasteiger partial charge on any atom is -0.326 e. The molecule has 1 rings (SSSR count). The molecule has 1 aromatic rings. The maximum absolute atomic E-state index is 6.31. The minimum absolute atomic E-state index is 0.208. The molecule has 17 heavy (non-hydrogen) atoms. The Morgan fingerprint density at radius 3 is 2.41 bits per heavy atom. The molecular formula is C14H26N2S. The van der Waals surface area contributed by atoms with Crippen molar-refractivity contribution in [2.75, 3.05) is 7.05 Å². The molecule has 0 aromatic carbocycles. The highest BCUT2D eigenvalue weighted by atomic mass is 32.1. The van der Waals surface area contributed by atoms with E-state index >= 15 is 0 Å². The van der Waals surface area contributed by atoms with Gasteiger partial charge in [-0.25, -0.2) is 0 Å². The third-order valence-electron chi connectivity index (χ3n) is 3.76. The van der Waals surface area contributed by atoms with Crippen LogP contribution in [-0.2, 0) is 0 Å². The van der Waals surface area contributed by atoms with Crippen LogP contribution >= 0.6 is 11.3 Å². The van der Waals surface area contributed by atoms with Gasteiger partial charge in [0.25, 0.3) is 0 Å². The maximum atomic E-state index is 6.31. The zero-order valence-electron chi connectivity index (χ0n) is 11.7. The monoisotopic (exact) mass is 254 g/mol. The van der Waals surface area contributed by atoms with Crippen LogP contribution in [-0.4, -0.2) is 24.0 Å². The fraction of sp³-hybridized carbons (Fsp3) is 0.714. The summed E-state index contributed by atoms with van der Waals surface area (Å²) in [5.74, 6) is 0.645. The summed E-state index contributed by atoms with van der Waals surface area (Å²) in [5, 5.41) is 2.14. The van der Waals surface area contributed by atoms with E-state index in [1.165, 1.54) is 4.88 Å². The van der Waals surface area contributed by atoms with Crippen LogP contribution in [0.5, 0.6) is 0 Å². The number of nitrogens with two attached hydrogens (primary N) is 1. The first-order valence-electron chi connectivity index (χ1n) is 6.49. The van der Waals surface area contributed by atoms with Crippen LogP contribution in [0.4, 0.5) is 0 Å². The molecular weight excluding hydrogens is 228 g/mol. The molecule has 0 spiro atoms. The van der Waals surface area contributed by atoms with Gasteiger partial charge in [-0.3, -0.25) is 4.90 Å². The third kappa shape index (κ3) is 3.54. The molecule has 3 unspecified atom stereocenters. The Kier molecular flexibility index (Phi) is 5.63. The zero-order valence-corrected chi connectivity index (χ0v) is 12.5. The highest BCUT2D eigenvalue weighted by Crippen LogP contribution is 2.30. The van der Waals surface area contributed by atoms with E-state index in [-0.39, 0.29) is 6.04 Å². The molecule has 1 aromatic heterocycles. The van der Waals surface area contributed by atoms with Gasteiger partial charge in [0.15, 0.2) is 0 Å². The number of likely N-dealkylation sites (N-methyl/N-ethyl adjacent to an activating group) is 1.